The van der Waals surface area contributed by atoms with Crippen molar-refractivity contribution in [3.63, 3.8) is 0 Å². The van der Waals surface area contributed by atoms with Crippen LogP contribution in [0.4, 0.5) is 4.79 Å². The van der Waals surface area contributed by atoms with Crippen molar-refractivity contribution < 1.29 is 9.59 Å². The normalized spacial score (nSPS) is 24.8. The Balaban J connectivity index is 2.44. The molecule has 16 heavy (non-hydrogen) atoms. The van der Waals surface area contributed by atoms with Crippen molar-refractivity contribution >= 4 is 27.9 Å². The monoisotopic (exact) mass is 282 g/mol. The Morgan fingerprint density at radius 1 is 1.25 bits per heavy atom. The molecule has 1 heterocycles. The average molecular weight is 283 g/mol. The van der Waals surface area contributed by atoms with Crippen LogP contribution in [-0.4, -0.2) is 23.9 Å². The van der Waals surface area contributed by atoms with E-state index < -0.39 is 5.54 Å². The maximum absolute atomic E-state index is 12.0. The van der Waals surface area contributed by atoms with Crippen molar-refractivity contribution in [1.82, 2.24) is 10.2 Å². The molecule has 2 rings (SSSR count). The molecule has 1 aromatic rings. The molecule has 1 aliphatic heterocycles. The summed E-state index contributed by atoms with van der Waals surface area (Å²) in [5.74, 6) is -0.236. The minimum Gasteiger partial charge on any atom is -0.319 e. The molecule has 1 N–H and O–H groups in total. The predicted molar refractivity (Wildman–Crippen MR) is 62.8 cm³/mol. The van der Waals surface area contributed by atoms with Gasteiger partial charge in [0, 0.05) is 11.5 Å². The second kappa shape index (κ2) is 3.59. The lowest BCUT2D eigenvalue weighted by molar-refractivity contribution is -0.130. The summed E-state index contributed by atoms with van der Waals surface area (Å²) in [5.41, 5.74) is -0.176. The fourth-order valence-electron chi connectivity index (χ4n) is 1.76. The molecule has 0 aliphatic carbocycles. The highest BCUT2D eigenvalue weighted by Crippen LogP contribution is 2.28. The van der Waals surface area contributed by atoms with Gasteiger partial charge in [0.05, 0.1) is 0 Å². The first-order valence-corrected chi connectivity index (χ1v) is 5.61. The van der Waals surface area contributed by atoms with E-state index in [2.05, 4.69) is 21.2 Å². The van der Waals surface area contributed by atoms with Gasteiger partial charge in [0.15, 0.2) is 0 Å². The third kappa shape index (κ3) is 1.51. The van der Waals surface area contributed by atoms with Crippen LogP contribution in [0.25, 0.3) is 0 Å². The Labute approximate surface area is 102 Å². The van der Waals surface area contributed by atoms with E-state index in [1.807, 2.05) is 24.3 Å². The largest absolute Gasteiger partial charge is 0.325 e. The van der Waals surface area contributed by atoms with Crippen LogP contribution in [0.3, 0.4) is 0 Å². The number of likely N-dealkylation sites (N-methyl/N-ethyl adjacent to an activating group) is 1. The molecule has 1 aromatic carbocycles. The van der Waals surface area contributed by atoms with Crippen LogP contribution in [0.1, 0.15) is 12.5 Å². The molecule has 0 bridgehead atoms. The number of hydrogen-bond donors (Lipinski definition) is 1. The van der Waals surface area contributed by atoms with E-state index in [-0.39, 0.29) is 11.9 Å². The number of rotatable bonds is 1. The van der Waals surface area contributed by atoms with Crippen LogP contribution in [0.15, 0.2) is 28.7 Å². The average Bonchev–Trinajstić information content (AvgIpc) is 2.45. The van der Waals surface area contributed by atoms with Crippen LogP contribution in [0.5, 0.6) is 0 Å². The van der Waals surface area contributed by atoms with Crippen molar-refractivity contribution in [2.24, 2.45) is 0 Å². The van der Waals surface area contributed by atoms with Gasteiger partial charge in [-0.25, -0.2) is 4.79 Å². The Kier molecular flexibility index (Phi) is 2.50. The molecule has 0 saturated carbocycles. The first-order chi connectivity index (χ1) is 7.45. The lowest BCUT2D eigenvalue weighted by atomic mass is 9.92. The van der Waals surface area contributed by atoms with Crippen LogP contribution in [0.2, 0.25) is 0 Å². The number of carbonyl (C=O) groups excluding carboxylic acids is 2. The standard InChI is InChI=1S/C11H11BrN2O2/c1-11(7-3-5-8(12)6-4-7)9(15)14(2)10(16)13-11/h3-6H,1-2H3,(H,13,16). The van der Waals surface area contributed by atoms with Crippen molar-refractivity contribution in [2.45, 2.75) is 12.5 Å². The summed E-state index contributed by atoms with van der Waals surface area (Å²) in [7, 11) is 1.47. The van der Waals surface area contributed by atoms with Gasteiger partial charge in [-0.2, -0.15) is 0 Å². The number of benzene rings is 1. The molecular weight excluding hydrogens is 272 g/mol. The number of halogens is 1. The molecule has 84 valence electrons. The van der Waals surface area contributed by atoms with Crippen LogP contribution >= 0.6 is 15.9 Å². The molecule has 0 aromatic heterocycles. The van der Waals surface area contributed by atoms with E-state index in [1.54, 1.807) is 6.92 Å². The van der Waals surface area contributed by atoms with Crippen molar-refractivity contribution in [2.75, 3.05) is 7.05 Å². The topological polar surface area (TPSA) is 49.4 Å². The highest BCUT2D eigenvalue weighted by atomic mass is 79.9. The summed E-state index contributed by atoms with van der Waals surface area (Å²) in [6, 6.07) is 6.97. The zero-order chi connectivity index (χ0) is 11.9. The third-order valence-corrected chi connectivity index (χ3v) is 3.34. The second-order valence-electron chi connectivity index (χ2n) is 3.93. The SMILES string of the molecule is CN1C(=O)NC(C)(c2ccc(Br)cc2)C1=O. The summed E-state index contributed by atoms with van der Waals surface area (Å²) >= 11 is 3.33. The number of carbonyl (C=O) groups is 2. The minimum absolute atomic E-state index is 0.236. The van der Waals surface area contributed by atoms with E-state index in [1.165, 1.54) is 7.05 Å². The van der Waals surface area contributed by atoms with Crippen LogP contribution < -0.4 is 5.32 Å². The number of hydrogen-bond acceptors (Lipinski definition) is 2. The van der Waals surface area contributed by atoms with Gasteiger partial charge in [-0.15, -0.1) is 0 Å². The lowest BCUT2D eigenvalue weighted by Crippen LogP contribution is -2.40. The lowest BCUT2D eigenvalue weighted by Gasteiger charge is -2.21. The highest BCUT2D eigenvalue weighted by molar-refractivity contribution is 9.10. The van der Waals surface area contributed by atoms with E-state index >= 15 is 0 Å². The molecule has 1 unspecified atom stereocenters. The van der Waals surface area contributed by atoms with E-state index in [0.29, 0.717) is 0 Å². The van der Waals surface area contributed by atoms with Crippen molar-refractivity contribution in [1.29, 1.82) is 0 Å². The number of imide groups is 1. The Morgan fingerprint density at radius 3 is 2.25 bits per heavy atom. The zero-order valence-corrected chi connectivity index (χ0v) is 10.5. The van der Waals surface area contributed by atoms with Gasteiger partial charge in [-0.3, -0.25) is 9.69 Å². The number of nitrogens with one attached hydrogen (secondary N) is 1. The Morgan fingerprint density at radius 2 is 1.81 bits per heavy atom. The van der Waals surface area contributed by atoms with Gasteiger partial charge in [0.1, 0.15) is 5.54 Å². The minimum atomic E-state index is -0.952. The van der Waals surface area contributed by atoms with Gasteiger partial charge >= 0.3 is 6.03 Å². The molecular formula is C11H11BrN2O2. The molecule has 0 spiro atoms. The quantitative estimate of drug-likeness (QED) is 0.800. The number of amides is 3. The Hall–Kier alpha value is -1.36. The fourth-order valence-corrected chi connectivity index (χ4v) is 2.02. The first-order valence-electron chi connectivity index (χ1n) is 4.81. The molecule has 4 nitrogen and oxygen atoms in total. The maximum atomic E-state index is 12.0. The number of nitrogens with zero attached hydrogens (tertiary/aromatic N) is 1. The summed E-state index contributed by atoms with van der Waals surface area (Å²) in [5, 5.41) is 2.69. The Bertz CT molecular complexity index is 458. The smallest absolute Gasteiger partial charge is 0.319 e. The molecule has 1 atom stereocenters. The summed E-state index contributed by atoms with van der Waals surface area (Å²) in [6.07, 6.45) is 0. The number of urea groups is 1. The summed E-state index contributed by atoms with van der Waals surface area (Å²) in [4.78, 5) is 24.5. The van der Waals surface area contributed by atoms with E-state index in [0.717, 1.165) is 14.9 Å². The molecule has 1 aliphatic rings. The zero-order valence-electron chi connectivity index (χ0n) is 8.95. The van der Waals surface area contributed by atoms with Gasteiger partial charge in [0.25, 0.3) is 5.91 Å². The third-order valence-electron chi connectivity index (χ3n) is 2.82. The van der Waals surface area contributed by atoms with Crippen LogP contribution in [-0.2, 0) is 10.3 Å². The van der Waals surface area contributed by atoms with E-state index in [4.69, 9.17) is 0 Å². The molecule has 0 radical (unpaired) electrons. The first kappa shape index (κ1) is 11.1. The maximum Gasteiger partial charge on any atom is 0.325 e. The van der Waals surface area contributed by atoms with Crippen LogP contribution in [0, 0.1) is 0 Å². The van der Waals surface area contributed by atoms with E-state index in [9.17, 15) is 9.59 Å². The molecule has 1 fully saturated rings. The van der Waals surface area contributed by atoms with Gasteiger partial charge in [-0.05, 0) is 24.6 Å². The highest BCUT2D eigenvalue weighted by Gasteiger charge is 2.47. The fraction of sp³-hybridized carbons (Fsp3) is 0.273. The van der Waals surface area contributed by atoms with Gasteiger partial charge in [-0.1, -0.05) is 28.1 Å². The molecule has 1 saturated heterocycles. The van der Waals surface area contributed by atoms with Crippen molar-refractivity contribution in [3.8, 4) is 0 Å². The molecule has 3 amide bonds. The second-order valence-corrected chi connectivity index (χ2v) is 4.84. The van der Waals surface area contributed by atoms with Gasteiger partial charge in [0.2, 0.25) is 0 Å². The summed E-state index contributed by atoms with van der Waals surface area (Å²) < 4.78 is 0.935. The van der Waals surface area contributed by atoms with Crippen molar-refractivity contribution in [3.05, 3.63) is 34.3 Å². The van der Waals surface area contributed by atoms with Gasteiger partial charge < -0.3 is 5.32 Å². The molecule has 5 heteroatoms. The predicted octanol–water partition coefficient (Wildman–Crippen LogP) is 1.85. The summed E-state index contributed by atoms with van der Waals surface area (Å²) in [6.45, 7) is 1.71.